The first kappa shape index (κ1) is 40.6. The molecule has 10 aromatic carbocycles. The predicted molar refractivity (Wildman–Crippen MR) is 284 cm³/mol. The number of nitrogens with zero attached hydrogens (tertiary/aromatic N) is 2. The molecule has 0 radical (unpaired) electrons. The third kappa shape index (κ3) is 6.04. The molecule has 67 heavy (non-hydrogen) atoms. The first-order valence-corrected chi connectivity index (χ1v) is 23.4. The smallest absolute Gasteiger partial charge is 0.159 e. The fourth-order valence-corrected chi connectivity index (χ4v) is 11.0. The molecule has 1 N–H and O–H groups in total. The van der Waals surface area contributed by atoms with Crippen molar-refractivity contribution < 1.29 is 8.83 Å². The van der Waals surface area contributed by atoms with Crippen LogP contribution in [-0.4, -0.2) is 6.21 Å². The molecule has 12 rings (SSSR count). The summed E-state index contributed by atoms with van der Waals surface area (Å²) in [7, 11) is 0. The molecule has 0 aliphatic heterocycles. The minimum Gasteiger partial charge on any atom is -0.454 e. The van der Waals surface area contributed by atoms with Gasteiger partial charge in [0.05, 0.1) is 22.7 Å². The number of para-hydroxylation sites is 6. The minimum atomic E-state index is -0.159. The lowest BCUT2D eigenvalue weighted by molar-refractivity contribution is 0.665. The first-order chi connectivity index (χ1) is 32.6. The van der Waals surface area contributed by atoms with E-state index in [4.69, 9.17) is 14.2 Å². The predicted octanol–water partition coefficient (Wildman–Crippen LogP) is 18.4. The highest BCUT2D eigenvalue weighted by Crippen LogP contribution is 2.53. The van der Waals surface area contributed by atoms with Crippen LogP contribution in [0.3, 0.4) is 0 Å². The second kappa shape index (κ2) is 15.4. The minimum absolute atomic E-state index is 0.159. The summed E-state index contributed by atoms with van der Waals surface area (Å²) < 4.78 is 13.9. The van der Waals surface area contributed by atoms with Gasteiger partial charge in [-0.2, -0.15) is 0 Å². The second-order valence-corrected chi connectivity index (χ2v) is 18.8. The Bertz CT molecular complexity index is 3960. The van der Waals surface area contributed by atoms with Crippen LogP contribution < -0.4 is 9.80 Å². The van der Waals surface area contributed by atoms with E-state index in [-0.39, 0.29) is 11.8 Å². The summed E-state index contributed by atoms with van der Waals surface area (Å²) in [4.78, 5) is 4.86. The number of furan rings is 2. The highest BCUT2D eigenvalue weighted by molar-refractivity contribution is 6.30. The standard InChI is InChI=1S/C62H51N3O2/c1-35(2)49-32-55(64(51-24-10-8-16-36(51)3)53-26-14-22-45-43-20-12-18-38(5)59(43)66-61(45)53)47-31-29-42-50(40(7)34-63)33-56(48-30-28-41(49)57(47)58(42)48)65(52-25-11-9-17-37(52)4)54-27-15-23-46-44-21-13-19-39(6)60(44)67-62(46)54/h8-35,40,63H,1-7H3/t40-/m0/s1. The lowest BCUT2D eigenvalue weighted by Crippen LogP contribution is -2.14. The molecule has 0 aliphatic carbocycles. The lowest BCUT2D eigenvalue weighted by Gasteiger charge is -2.32. The first-order valence-electron chi connectivity index (χ1n) is 23.4. The van der Waals surface area contributed by atoms with Crippen molar-refractivity contribution in [3.63, 3.8) is 0 Å². The van der Waals surface area contributed by atoms with Crippen molar-refractivity contribution in [2.45, 2.75) is 60.3 Å². The Morgan fingerprint density at radius 2 is 0.746 bits per heavy atom. The van der Waals surface area contributed by atoms with Crippen molar-refractivity contribution in [3.05, 3.63) is 191 Å². The third-order valence-corrected chi connectivity index (χ3v) is 14.4. The van der Waals surface area contributed by atoms with Crippen molar-refractivity contribution in [3.8, 4) is 0 Å². The van der Waals surface area contributed by atoms with E-state index >= 15 is 0 Å². The Balaban J connectivity index is 1.23. The maximum Gasteiger partial charge on any atom is 0.159 e. The summed E-state index contributed by atoms with van der Waals surface area (Å²) in [5.41, 5.74) is 16.7. The average Bonchev–Trinajstić information content (AvgIpc) is 3.93. The molecule has 0 fully saturated rings. The Morgan fingerprint density at radius 3 is 1.19 bits per heavy atom. The quantitative estimate of drug-likeness (QED) is 0.116. The molecule has 0 spiro atoms. The fourth-order valence-electron chi connectivity index (χ4n) is 11.0. The van der Waals surface area contributed by atoms with Crippen LogP contribution in [0.15, 0.2) is 167 Å². The van der Waals surface area contributed by atoms with Crippen molar-refractivity contribution in [1.82, 2.24) is 0 Å². The van der Waals surface area contributed by atoms with Gasteiger partial charge in [-0.1, -0.05) is 142 Å². The van der Waals surface area contributed by atoms with Crippen molar-refractivity contribution in [2.24, 2.45) is 0 Å². The summed E-state index contributed by atoms with van der Waals surface area (Å²) in [5.74, 6) is 0.0528. The zero-order valence-electron chi connectivity index (χ0n) is 39.0. The Morgan fingerprint density at radius 1 is 0.373 bits per heavy atom. The van der Waals surface area contributed by atoms with Gasteiger partial charge in [-0.15, -0.1) is 0 Å². The van der Waals surface area contributed by atoms with Crippen molar-refractivity contribution >= 4 is 117 Å². The lowest BCUT2D eigenvalue weighted by atomic mass is 9.83. The van der Waals surface area contributed by atoms with Gasteiger partial charge in [0, 0.05) is 55.8 Å². The summed E-state index contributed by atoms with van der Waals surface area (Å²) in [5, 5.41) is 20.2. The van der Waals surface area contributed by atoms with Crippen molar-refractivity contribution in [1.29, 1.82) is 5.41 Å². The molecule has 5 heteroatoms. The van der Waals surface area contributed by atoms with Crippen LogP contribution in [-0.2, 0) is 0 Å². The molecule has 2 heterocycles. The summed E-state index contributed by atoms with van der Waals surface area (Å²) in [6.07, 6.45) is 1.58. The van der Waals surface area contributed by atoms with E-state index < -0.39 is 0 Å². The molecule has 5 nitrogen and oxygen atoms in total. The Labute approximate surface area is 390 Å². The molecule has 0 bridgehead atoms. The number of hydrogen-bond donors (Lipinski definition) is 1. The van der Waals surface area contributed by atoms with E-state index in [1.165, 1.54) is 21.7 Å². The van der Waals surface area contributed by atoms with Crippen LogP contribution in [0.1, 0.15) is 66.0 Å². The molecule has 0 amide bonds. The van der Waals surface area contributed by atoms with E-state index in [0.29, 0.717) is 0 Å². The molecule has 12 aromatic rings. The van der Waals surface area contributed by atoms with Crippen LogP contribution in [0.5, 0.6) is 0 Å². The number of fused-ring (bicyclic) bond motifs is 6. The van der Waals surface area contributed by atoms with Gasteiger partial charge in [-0.05, 0) is 125 Å². The van der Waals surface area contributed by atoms with E-state index in [2.05, 4.69) is 216 Å². The molecular weight excluding hydrogens is 819 g/mol. The zero-order chi connectivity index (χ0) is 45.8. The van der Waals surface area contributed by atoms with Gasteiger partial charge in [0.25, 0.3) is 0 Å². The highest BCUT2D eigenvalue weighted by atomic mass is 16.3. The number of rotatable bonds is 9. The largest absolute Gasteiger partial charge is 0.454 e. The van der Waals surface area contributed by atoms with Gasteiger partial charge >= 0.3 is 0 Å². The van der Waals surface area contributed by atoms with Crippen LogP contribution in [0.2, 0.25) is 0 Å². The SMILES string of the molecule is Cc1ccccc1N(c1cc(C(C)C)c2ccc3c(N(c4ccccc4C)c4cccc5c4oc4c(C)cccc45)cc([C@@H](C)C=N)c4ccc1c2c43)c1cccc2c1oc1c(C)cccc12. The molecule has 0 saturated carbocycles. The molecular formula is C62H51N3O2. The number of aryl methyl sites for hydroxylation is 4. The summed E-state index contributed by atoms with van der Waals surface area (Å²) in [6.45, 7) is 15.4. The number of nitrogens with one attached hydrogen (secondary N) is 1. The van der Waals surface area contributed by atoms with Gasteiger partial charge in [0.1, 0.15) is 11.2 Å². The van der Waals surface area contributed by atoms with Gasteiger partial charge in [-0.25, -0.2) is 0 Å². The molecule has 326 valence electrons. The van der Waals surface area contributed by atoms with E-state index in [0.717, 1.165) is 122 Å². The molecule has 0 unspecified atom stereocenters. The van der Waals surface area contributed by atoms with Crippen LogP contribution >= 0.6 is 0 Å². The van der Waals surface area contributed by atoms with Gasteiger partial charge in [0.15, 0.2) is 11.2 Å². The van der Waals surface area contributed by atoms with E-state index in [1.54, 1.807) is 6.21 Å². The van der Waals surface area contributed by atoms with Gasteiger partial charge < -0.3 is 24.0 Å². The molecule has 1 atom stereocenters. The van der Waals surface area contributed by atoms with Gasteiger partial charge in [-0.3, -0.25) is 0 Å². The van der Waals surface area contributed by atoms with Crippen LogP contribution in [0, 0.1) is 33.1 Å². The Kier molecular flexibility index (Phi) is 9.30. The number of hydrogen-bond acceptors (Lipinski definition) is 5. The van der Waals surface area contributed by atoms with E-state index in [9.17, 15) is 0 Å². The fraction of sp³-hybridized carbons (Fsp3) is 0.145. The normalized spacial score (nSPS) is 12.5. The molecule has 0 saturated heterocycles. The topological polar surface area (TPSA) is 56.6 Å². The Hall–Kier alpha value is -7.89. The maximum absolute atomic E-state index is 8.75. The third-order valence-electron chi connectivity index (χ3n) is 14.4. The van der Waals surface area contributed by atoms with Gasteiger partial charge in [0.2, 0.25) is 0 Å². The monoisotopic (exact) mass is 869 g/mol. The van der Waals surface area contributed by atoms with E-state index in [1.807, 2.05) is 0 Å². The van der Waals surface area contributed by atoms with Crippen LogP contribution in [0.25, 0.3) is 76.2 Å². The summed E-state index contributed by atoms with van der Waals surface area (Å²) >= 11 is 0. The second-order valence-electron chi connectivity index (χ2n) is 18.8. The maximum atomic E-state index is 8.75. The molecule has 0 aliphatic rings. The molecule has 2 aromatic heterocycles. The van der Waals surface area contributed by atoms with Crippen molar-refractivity contribution in [2.75, 3.05) is 9.80 Å². The number of anilines is 6. The highest BCUT2D eigenvalue weighted by Gasteiger charge is 2.29. The number of benzene rings is 10. The average molecular weight is 870 g/mol. The zero-order valence-corrected chi connectivity index (χ0v) is 39.0. The summed E-state index contributed by atoms with van der Waals surface area (Å²) in [6, 6.07) is 57.3. The van der Waals surface area contributed by atoms with Crippen LogP contribution in [0.4, 0.5) is 34.1 Å².